The van der Waals surface area contributed by atoms with E-state index < -0.39 is 0 Å². The normalized spacial score (nSPS) is 20.8. The van der Waals surface area contributed by atoms with Crippen molar-refractivity contribution in [2.75, 3.05) is 31.1 Å². The molecule has 2 aliphatic rings. The number of carbonyl (C=O) groups excluding carboxylic acids is 1. The summed E-state index contributed by atoms with van der Waals surface area (Å²) in [5.74, 6) is 2.06. The van der Waals surface area contributed by atoms with Gasteiger partial charge in [0, 0.05) is 32.4 Å². The fraction of sp³-hybridized carbons (Fsp3) is 0.524. The number of imidazole rings is 1. The first-order valence-electron chi connectivity index (χ1n) is 10.7. The van der Waals surface area contributed by atoms with Gasteiger partial charge in [-0.25, -0.2) is 9.97 Å². The van der Waals surface area contributed by atoms with Gasteiger partial charge in [-0.3, -0.25) is 9.48 Å². The highest BCUT2D eigenvalue weighted by Crippen LogP contribution is 2.26. The zero-order chi connectivity index (χ0) is 20.7. The average Bonchev–Trinajstić information content (AvgIpc) is 3.52. The van der Waals surface area contributed by atoms with Crippen molar-refractivity contribution < 1.29 is 4.79 Å². The Hall–Kier alpha value is -2.61. The van der Waals surface area contributed by atoms with Crippen LogP contribution in [0.3, 0.4) is 0 Å². The van der Waals surface area contributed by atoms with Gasteiger partial charge in [0.2, 0.25) is 5.91 Å². The minimum absolute atomic E-state index is 0.0660. The van der Waals surface area contributed by atoms with E-state index >= 15 is 0 Å². The zero-order valence-corrected chi connectivity index (χ0v) is 17.8. The molecule has 9 heteroatoms. The Balaban J connectivity index is 1.35. The first kappa shape index (κ1) is 19.4. The number of rotatable bonds is 4. The van der Waals surface area contributed by atoms with Gasteiger partial charge in [-0.05, 0) is 44.7 Å². The van der Waals surface area contributed by atoms with Gasteiger partial charge in [0.15, 0.2) is 5.65 Å². The molecule has 0 spiro atoms. The van der Waals surface area contributed by atoms with E-state index in [2.05, 4.69) is 20.0 Å². The summed E-state index contributed by atoms with van der Waals surface area (Å²) in [6, 6.07) is 3.92. The SMILES string of the molecule is CC(c1nc2ccc(N3CCCC(C(=O)N4CCCC4)C3)nc2[nH]1)n1cc(Cl)cn1. The lowest BCUT2D eigenvalue weighted by atomic mass is 9.96. The van der Waals surface area contributed by atoms with Crippen LogP contribution < -0.4 is 4.90 Å². The Bertz CT molecular complexity index is 1050. The molecule has 0 saturated carbocycles. The molecular formula is C21H26ClN7O. The molecule has 2 unspecified atom stereocenters. The standard InChI is InChI=1S/C21H26ClN7O/c1-14(29-13-16(22)11-23-29)19-24-17-6-7-18(25-20(17)26-19)28-10-4-5-15(12-28)21(30)27-8-2-3-9-27/h6-7,11,13-15H,2-5,8-10,12H2,1H3,(H,24,25,26). The van der Waals surface area contributed by atoms with Gasteiger partial charge in [0.25, 0.3) is 0 Å². The third-order valence-corrected chi connectivity index (χ3v) is 6.42. The summed E-state index contributed by atoms with van der Waals surface area (Å²) in [6.07, 6.45) is 7.63. The topological polar surface area (TPSA) is 82.9 Å². The summed E-state index contributed by atoms with van der Waals surface area (Å²) < 4.78 is 1.78. The Labute approximate surface area is 180 Å². The quantitative estimate of drug-likeness (QED) is 0.691. The lowest BCUT2D eigenvalue weighted by Crippen LogP contribution is -2.44. The van der Waals surface area contributed by atoms with Crippen LogP contribution in [0, 0.1) is 5.92 Å². The number of nitrogens with zero attached hydrogens (tertiary/aromatic N) is 6. The van der Waals surface area contributed by atoms with E-state index in [9.17, 15) is 4.79 Å². The Morgan fingerprint density at radius 1 is 1.20 bits per heavy atom. The molecule has 2 saturated heterocycles. The predicted molar refractivity (Wildman–Crippen MR) is 116 cm³/mol. The van der Waals surface area contributed by atoms with Crippen molar-refractivity contribution in [3.8, 4) is 0 Å². The number of likely N-dealkylation sites (tertiary alicyclic amines) is 1. The number of nitrogens with one attached hydrogen (secondary N) is 1. The number of anilines is 1. The van der Waals surface area contributed by atoms with Gasteiger partial charge in [-0.15, -0.1) is 0 Å². The molecule has 2 fully saturated rings. The molecule has 2 atom stereocenters. The molecule has 5 rings (SSSR count). The van der Waals surface area contributed by atoms with Crippen LogP contribution in [0.25, 0.3) is 11.2 Å². The molecule has 5 heterocycles. The summed E-state index contributed by atoms with van der Waals surface area (Å²) in [5, 5.41) is 4.87. The van der Waals surface area contributed by atoms with Crippen molar-refractivity contribution in [2.24, 2.45) is 5.92 Å². The third-order valence-electron chi connectivity index (χ3n) is 6.22. The summed E-state index contributed by atoms with van der Waals surface area (Å²) in [7, 11) is 0. The Kier molecular flexibility index (Phi) is 5.10. The number of H-pyrrole nitrogens is 1. The molecule has 0 aromatic carbocycles. The number of pyridine rings is 1. The number of halogens is 1. The Morgan fingerprint density at radius 2 is 2.03 bits per heavy atom. The van der Waals surface area contributed by atoms with Crippen LogP contribution in [0.2, 0.25) is 5.02 Å². The number of aromatic nitrogens is 5. The van der Waals surface area contributed by atoms with E-state index in [1.165, 1.54) is 0 Å². The molecule has 0 bridgehead atoms. The second kappa shape index (κ2) is 7.91. The van der Waals surface area contributed by atoms with E-state index in [1.54, 1.807) is 17.1 Å². The summed E-state index contributed by atoms with van der Waals surface area (Å²) in [4.78, 5) is 30.0. The van der Waals surface area contributed by atoms with Crippen LogP contribution >= 0.6 is 11.6 Å². The second-order valence-electron chi connectivity index (χ2n) is 8.29. The van der Waals surface area contributed by atoms with Gasteiger partial charge >= 0.3 is 0 Å². The number of aromatic amines is 1. The maximum Gasteiger partial charge on any atom is 0.227 e. The zero-order valence-electron chi connectivity index (χ0n) is 17.1. The molecule has 0 radical (unpaired) electrons. The number of carbonyl (C=O) groups is 1. The van der Waals surface area contributed by atoms with Crippen LogP contribution in [-0.2, 0) is 4.79 Å². The first-order chi connectivity index (χ1) is 14.6. The number of hydrogen-bond donors (Lipinski definition) is 1. The van der Waals surface area contributed by atoms with E-state index in [0.29, 0.717) is 10.9 Å². The van der Waals surface area contributed by atoms with Crippen LogP contribution in [0.15, 0.2) is 24.5 Å². The smallest absolute Gasteiger partial charge is 0.227 e. The van der Waals surface area contributed by atoms with Crippen LogP contribution in [0.1, 0.15) is 44.5 Å². The highest BCUT2D eigenvalue weighted by Gasteiger charge is 2.31. The van der Waals surface area contributed by atoms with Gasteiger partial charge in [-0.2, -0.15) is 5.10 Å². The lowest BCUT2D eigenvalue weighted by molar-refractivity contribution is -0.134. The number of fused-ring (bicyclic) bond motifs is 1. The summed E-state index contributed by atoms with van der Waals surface area (Å²) in [6.45, 7) is 5.50. The van der Waals surface area contributed by atoms with Crippen molar-refractivity contribution in [3.63, 3.8) is 0 Å². The van der Waals surface area contributed by atoms with Crippen LogP contribution in [-0.4, -0.2) is 61.7 Å². The molecule has 2 aliphatic heterocycles. The molecule has 158 valence electrons. The van der Waals surface area contributed by atoms with Crippen LogP contribution in [0.5, 0.6) is 0 Å². The van der Waals surface area contributed by atoms with Crippen molar-refractivity contribution in [1.29, 1.82) is 0 Å². The molecule has 30 heavy (non-hydrogen) atoms. The van der Waals surface area contributed by atoms with E-state index in [-0.39, 0.29) is 12.0 Å². The molecule has 3 aromatic rings. The van der Waals surface area contributed by atoms with Crippen molar-refractivity contribution in [3.05, 3.63) is 35.4 Å². The van der Waals surface area contributed by atoms with E-state index in [4.69, 9.17) is 16.6 Å². The van der Waals surface area contributed by atoms with E-state index in [0.717, 1.165) is 74.7 Å². The van der Waals surface area contributed by atoms with Gasteiger partial charge in [0.05, 0.1) is 17.1 Å². The highest BCUT2D eigenvalue weighted by molar-refractivity contribution is 6.30. The minimum atomic E-state index is -0.0763. The molecule has 3 aromatic heterocycles. The molecule has 1 amide bonds. The fourth-order valence-corrected chi connectivity index (χ4v) is 4.65. The first-order valence-corrected chi connectivity index (χ1v) is 11.1. The third kappa shape index (κ3) is 3.64. The highest BCUT2D eigenvalue weighted by atomic mass is 35.5. The van der Waals surface area contributed by atoms with Gasteiger partial charge < -0.3 is 14.8 Å². The molecule has 1 N–H and O–H groups in total. The van der Waals surface area contributed by atoms with Gasteiger partial charge in [-0.1, -0.05) is 11.6 Å². The number of piperidine rings is 1. The van der Waals surface area contributed by atoms with Crippen molar-refractivity contribution in [1.82, 2.24) is 29.6 Å². The minimum Gasteiger partial charge on any atom is -0.356 e. The predicted octanol–water partition coefficient (Wildman–Crippen LogP) is 3.26. The maximum atomic E-state index is 12.8. The molecule has 8 nitrogen and oxygen atoms in total. The van der Waals surface area contributed by atoms with E-state index in [1.807, 2.05) is 24.0 Å². The fourth-order valence-electron chi connectivity index (χ4n) is 4.51. The average molecular weight is 428 g/mol. The summed E-state index contributed by atoms with van der Waals surface area (Å²) in [5.41, 5.74) is 1.57. The monoisotopic (exact) mass is 427 g/mol. The number of hydrogen-bond acceptors (Lipinski definition) is 5. The van der Waals surface area contributed by atoms with Crippen molar-refractivity contribution >= 4 is 34.5 Å². The molecule has 0 aliphatic carbocycles. The maximum absolute atomic E-state index is 12.8. The van der Waals surface area contributed by atoms with Gasteiger partial charge in [0.1, 0.15) is 23.2 Å². The number of amides is 1. The summed E-state index contributed by atoms with van der Waals surface area (Å²) >= 11 is 5.99. The lowest BCUT2D eigenvalue weighted by Gasteiger charge is -2.34. The van der Waals surface area contributed by atoms with Crippen LogP contribution in [0.4, 0.5) is 5.82 Å². The Morgan fingerprint density at radius 3 is 2.80 bits per heavy atom. The largest absolute Gasteiger partial charge is 0.356 e. The molecular weight excluding hydrogens is 402 g/mol. The second-order valence-corrected chi connectivity index (χ2v) is 8.73. The van der Waals surface area contributed by atoms with Crippen molar-refractivity contribution in [2.45, 2.75) is 38.6 Å².